The van der Waals surface area contributed by atoms with E-state index in [0.717, 1.165) is 37.3 Å². The number of aromatic nitrogens is 1. The summed E-state index contributed by atoms with van der Waals surface area (Å²) in [6.45, 7) is 5.30. The molecule has 3 aliphatic rings. The summed E-state index contributed by atoms with van der Waals surface area (Å²) in [4.78, 5) is 9.79. The molecule has 0 spiro atoms. The summed E-state index contributed by atoms with van der Waals surface area (Å²) < 4.78 is 0. The van der Waals surface area contributed by atoms with E-state index in [1.54, 1.807) is 0 Å². The van der Waals surface area contributed by atoms with Gasteiger partial charge in [-0.1, -0.05) is 0 Å². The van der Waals surface area contributed by atoms with Gasteiger partial charge in [0.2, 0.25) is 0 Å². The van der Waals surface area contributed by atoms with Gasteiger partial charge in [0.05, 0.1) is 0 Å². The van der Waals surface area contributed by atoms with E-state index in [0.29, 0.717) is 12.6 Å². The average Bonchev–Trinajstić information content (AvgIpc) is 2.65. The van der Waals surface area contributed by atoms with Crippen LogP contribution in [0.5, 0.6) is 0 Å². The van der Waals surface area contributed by atoms with Crippen LogP contribution in [0.4, 0.5) is 0 Å². The molecule has 0 aliphatic carbocycles. The van der Waals surface area contributed by atoms with Gasteiger partial charge in [-0.25, -0.2) is 0 Å². The van der Waals surface area contributed by atoms with Crippen molar-refractivity contribution >= 4 is 0 Å². The minimum Gasteiger partial charge on any atom is -0.396 e. The number of aliphatic hydroxyl groups excluding tert-OH is 1. The van der Waals surface area contributed by atoms with Crippen molar-refractivity contribution < 1.29 is 5.11 Å². The summed E-state index contributed by atoms with van der Waals surface area (Å²) in [7, 11) is 0. The van der Waals surface area contributed by atoms with Crippen LogP contribution in [0.1, 0.15) is 50.5 Å². The molecule has 138 valence electrons. The molecule has 3 saturated heterocycles. The van der Waals surface area contributed by atoms with Gasteiger partial charge < -0.3 is 5.11 Å². The van der Waals surface area contributed by atoms with Crippen molar-refractivity contribution in [2.24, 2.45) is 11.8 Å². The lowest BCUT2D eigenvalue weighted by atomic mass is 9.69. The van der Waals surface area contributed by atoms with Crippen molar-refractivity contribution in [3.05, 3.63) is 30.1 Å². The zero-order chi connectivity index (χ0) is 17.1. The molecule has 1 N–H and O–H groups in total. The maximum absolute atomic E-state index is 9.23. The van der Waals surface area contributed by atoms with Crippen LogP contribution in [-0.4, -0.2) is 58.2 Å². The van der Waals surface area contributed by atoms with Crippen molar-refractivity contribution in [1.82, 2.24) is 14.8 Å². The largest absolute Gasteiger partial charge is 0.396 e. The minimum absolute atomic E-state index is 0.333. The zero-order valence-corrected chi connectivity index (χ0v) is 15.4. The average molecular weight is 344 g/mol. The molecule has 0 bridgehead atoms. The molecule has 4 nitrogen and oxygen atoms in total. The number of rotatable bonds is 6. The summed E-state index contributed by atoms with van der Waals surface area (Å²) in [5, 5.41) is 9.23. The molecule has 3 aliphatic heterocycles. The highest BCUT2D eigenvalue weighted by atomic mass is 16.2. The molecule has 0 radical (unpaired) electrons. The van der Waals surface area contributed by atoms with E-state index < -0.39 is 0 Å². The van der Waals surface area contributed by atoms with E-state index >= 15 is 0 Å². The third kappa shape index (κ3) is 3.76. The monoisotopic (exact) mass is 343 g/mol. The fourth-order valence-electron chi connectivity index (χ4n) is 5.85. The molecule has 0 amide bonds. The minimum atomic E-state index is 0.333. The first-order chi connectivity index (χ1) is 12.4. The Kier molecular flexibility index (Phi) is 5.69. The van der Waals surface area contributed by atoms with Gasteiger partial charge in [0.15, 0.2) is 0 Å². The zero-order valence-electron chi connectivity index (χ0n) is 15.4. The Balaban J connectivity index is 1.54. The van der Waals surface area contributed by atoms with Gasteiger partial charge >= 0.3 is 0 Å². The molecule has 4 heteroatoms. The lowest BCUT2D eigenvalue weighted by Crippen LogP contribution is -2.64. The topological polar surface area (TPSA) is 39.6 Å². The summed E-state index contributed by atoms with van der Waals surface area (Å²) in [5.74, 6) is 1.68. The van der Waals surface area contributed by atoms with Gasteiger partial charge in [0.1, 0.15) is 0 Å². The van der Waals surface area contributed by atoms with Crippen molar-refractivity contribution in [2.75, 3.05) is 26.2 Å². The van der Waals surface area contributed by atoms with Crippen LogP contribution in [0, 0.1) is 11.8 Å². The van der Waals surface area contributed by atoms with Crippen LogP contribution in [0.2, 0.25) is 0 Å². The normalized spacial score (nSPS) is 33.2. The third-order valence-electron chi connectivity index (χ3n) is 6.82. The number of hydrogen-bond acceptors (Lipinski definition) is 4. The van der Waals surface area contributed by atoms with Crippen LogP contribution in [0.25, 0.3) is 0 Å². The summed E-state index contributed by atoms with van der Waals surface area (Å²) >= 11 is 0. The highest BCUT2D eigenvalue weighted by molar-refractivity contribution is 5.11. The second-order valence-electron chi connectivity index (χ2n) is 8.31. The second-order valence-corrected chi connectivity index (χ2v) is 8.31. The Labute approximate surface area is 152 Å². The lowest BCUT2D eigenvalue weighted by molar-refractivity contribution is -0.0812. The molecule has 4 heterocycles. The predicted octanol–water partition coefficient (Wildman–Crippen LogP) is 2.92. The van der Waals surface area contributed by atoms with E-state index in [1.165, 1.54) is 57.3 Å². The first-order valence-electron chi connectivity index (χ1n) is 10.3. The standard InChI is InChI=1S/C21H33N3O/c25-14-2-1-7-20-19-6-4-13-23-12-3-5-18(21(19)23)16-24(20)15-17-8-10-22-11-9-17/h8-11,18-21,25H,1-7,12-16H2/t18-,19-,20-,21+/m1/s1. The molecular formula is C21H33N3O. The quantitative estimate of drug-likeness (QED) is 0.806. The molecule has 25 heavy (non-hydrogen) atoms. The molecule has 1 aromatic rings. The maximum Gasteiger partial charge on any atom is 0.0431 e. The number of hydrogen-bond donors (Lipinski definition) is 1. The molecule has 4 rings (SSSR count). The van der Waals surface area contributed by atoms with Crippen LogP contribution >= 0.6 is 0 Å². The van der Waals surface area contributed by atoms with E-state index in [1.807, 2.05) is 12.4 Å². The Hall–Kier alpha value is -0.970. The van der Waals surface area contributed by atoms with Crippen LogP contribution in [-0.2, 0) is 6.54 Å². The number of pyridine rings is 1. The molecule has 0 unspecified atom stereocenters. The van der Waals surface area contributed by atoms with Crippen molar-refractivity contribution in [3.63, 3.8) is 0 Å². The highest BCUT2D eigenvalue weighted by Crippen LogP contribution is 2.43. The molecule has 4 atom stereocenters. The molecule has 0 aromatic carbocycles. The summed E-state index contributed by atoms with van der Waals surface area (Å²) in [5.41, 5.74) is 1.39. The second kappa shape index (κ2) is 8.15. The van der Waals surface area contributed by atoms with E-state index in [-0.39, 0.29) is 0 Å². The fourth-order valence-corrected chi connectivity index (χ4v) is 5.85. The summed E-state index contributed by atoms with van der Waals surface area (Å²) in [6.07, 6.45) is 12.7. The Morgan fingerprint density at radius 3 is 2.68 bits per heavy atom. The number of aliphatic hydroxyl groups is 1. The van der Waals surface area contributed by atoms with E-state index in [4.69, 9.17) is 0 Å². The molecule has 0 saturated carbocycles. The van der Waals surface area contributed by atoms with Crippen molar-refractivity contribution in [3.8, 4) is 0 Å². The third-order valence-corrected chi connectivity index (χ3v) is 6.82. The SMILES string of the molecule is OCCCC[C@@H]1[C@H]2CCCN3CCC[C@H](CN1Cc1ccncc1)[C@@H]23. The number of unbranched alkanes of at least 4 members (excludes halogenated alkanes) is 1. The van der Waals surface area contributed by atoms with Crippen molar-refractivity contribution in [2.45, 2.75) is 63.6 Å². The Morgan fingerprint density at radius 1 is 1.08 bits per heavy atom. The van der Waals surface area contributed by atoms with Crippen LogP contribution < -0.4 is 0 Å². The highest BCUT2D eigenvalue weighted by Gasteiger charge is 2.47. The molecule has 3 fully saturated rings. The Morgan fingerprint density at radius 2 is 1.88 bits per heavy atom. The first-order valence-corrected chi connectivity index (χ1v) is 10.3. The number of nitrogens with zero attached hydrogens (tertiary/aromatic N) is 3. The van der Waals surface area contributed by atoms with Gasteiger partial charge in [0, 0.05) is 44.2 Å². The molecule has 1 aromatic heterocycles. The molecular weight excluding hydrogens is 310 g/mol. The van der Waals surface area contributed by atoms with E-state index in [9.17, 15) is 5.11 Å². The van der Waals surface area contributed by atoms with Crippen LogP contribution in [0.15, 0.2) is 24.5 Å². The number of likely N-dealkylation sites (tertiary alicyclic amines) is 1. The number of piperidine rings is 3. The van der Waals surface area contributed by atoms with Gasteiger partial charge in [0.25, 0.3) is 0 Å². The van der Waals surface area contributed by atoms with E-state index in [2.05, 4.69) is 26.9 Å². The lowest BCUT2D eigenvalue weighted by Gasteiger charge is -2.57. The fraction of sp³-hybridized carbons (Fsp3) is 0.762. The van der Waals surface area contributed by atoms with Gasteiger partial charge in [-0.2, -0.15) is 0 Å². The van der Waals surface area contributed by atoms with Crippen molar-refractivity contribution in [1.29, 1.82) is 0 Å². The van der Waals surface area contributed by atoms with Gasteiger partial charge in [-0.15, -0.1) is 0 Å². The predicted molar refractivity (Wildman–Crippen MR) is 100 cm³/mol. The first kappa shape index (κ1) is 17.4. The maximum atomic E-state index is 9.23. The summed E-state index contributed by atoms with van der Waals surface area (Å²) in [6, 6.07) is 5.85. The Bertz CT molecular complexity index is 535. The van der Waals surface area contributed by atoms with Gasteiger partial charge in [-0.05, 0) is 87.6 Å². The smallest absolute Gasteiger partial charge is 0.0431 e. The van der Waals surface area contributed by atoms with Crippen LogP contribution in [0.3, 0.4) is 0 Å². The van der Waals surface area contributed by atoms with Gasteiger partial charge in [-0.3, -0.25) is 14.8 Å².